The molecule has 0 aromatic heterocycles. The van der Waals surface area contributed by atoms with Gasteiger partial charge in [-0.25, -0.2) is 0 Å². The minimum absolute atomic E-state index is 0.0795. The Bertz CT molecular complexity index is 1580. The number of allylic oxidation sites excluding steroid dienone is 2. The fourth-order valence-electron chi connectivity index (χ4n) is 7.90. The van der Waals surface area contributed by atoms with Crippen LogP contribution in [0.15, 0.2) is 127 Å². The first-order valence-electron chi connectivity index (χ1n) is 18.6. The van der Waals surface area contributed by atoms with E-state index in [0.717, 1.165) is 44.9 Å². The molecule has 4 nitrogen and oxygen atoms in total. The van der Waals surface area contributed by atoms with Gasteiger partial charge in [-0.1, -0.05) is 134 Å². The van der Waals surface area contributed by atoms with Crippen molar-refractivity contribution in [1.82, 2.24) is 10.4 Å². The van der Waals surface area contributed by atoms with Crippen LogP contribution in [0.3, 0.4) is 0 Å². The van der Waals surface area contributed by atoms with Crippen LogP contribution in [0.2, 0.25) is 0 Å². The normalized spacial score (nSPS) is 17.5. The van der Waals surface area contributed by atoms with Crippen LogP contribution in [0.5, 0.6) is 0 Å². The van der Waals surface area contributed by atoms with Crippen molar-refractivity contribution in [3.05, 3.63) is 139 Å². The van der Waals surface area contributed by atoms with Crippen molar-refractivity contribution in [2.75, 3.05) is 0 Å². The highest BCUT2D eigenvalue weighted by Crippen LogP contribution is 2.38. The van der Waals surface area contributed by atoms with E-state index in [-0.39, 0.29) is 23.0 Å². The van der Waals surface area contributed by atoms with Gasteiger partial charge in [-0.05, 0) is 119 Å². The Morgan fingerprint density at radius 3 is 1.80 bits per heavy atom. The van der Waals surface area contributed by atoms with Crippen molar-refractivity contribution in [2.24, 2.45) is 0 Å². The summed E-state index contributed by atoms with van der Waals surface area (Å²) in [5, 5.41) is 19.4. The lowest BCUT2D eigenvalue weighted by molar-refractivity contribution is -0.246. The van der Waals surface area contributed by atoms with Crippen molar-refractivity contribution >= 4 is 29.7 Å². The van der Waals surface area contributed by atoms with Crippen molar-refractivity contribution in [1.29, 1.82) is 0 Å². The van der Waals surface area contributed by atoms with Crippen LogP contribution in [0.4, 0.5) is 0 Å². The molecular formula is C45H57N2O2P. The summed E-state index contributed by atoms with van der Waals surface area (Å²) < 4.78 is 0. The predicted octanol–water partition coefficient (Wildman–Crippen LogP) is 9.76. The zero-order valence-corrected chi connectivity index (χ0v) is 31.7. The number of carbonyl (C=O) groups is 1. The molecule has 264 valence electrons. The van der Waals surface area contributed by atoms with Crippen LogP contribution in [0, 0.1) is 0 Å². The Hall–Kier alpha value is -3.56. The summed E-state index contributed by atoms with van der Waals surface area (Å²) in [7, 11) is -0.612. The number of rotatable bonds is 15. The van der Waals surface area contributed by atoms with Crippen molar-refractivity contribution in [3.63, 3.8) is 0 Å². The molecule has 2 atom stereocenters. The second kappa shape index (κ2) is 17.6. The second-order valence-electron chi connectivity index (χ2n) is 15.3. The smallest absolute Gasteiger partial charge is 0.220 e. The Morgan fingerprint density at radius 2 is 1.26 bits per heavy atom. The molecule has 4 aromatic rings. The summed E-state index contributed by atoms with van der Waals surface area (Å²) in [5.74, 6) is 1.01. The third kappa shape index (κ3) is 10.0. The highest BCUT2D eigenvalue weighted by molar-refractivity contribution is 7.79. The quantitative estimate of drug-likeness (QED) is 0.0743. The first-order chi connectivity index (χ1) is 24.1. The number of nitrogens with one attached hydrogen (secondary N) is 1. The average molecular weight is 689 g/mol. The van der Waals surface area contributed by atoms with E-state index in [1.165, 1.54) is 32.1 Å². The van der Waals surface area contributed by atoms with Crippen LogP contribution in [-0.2, 0) is 4.79 Å². The van der Waals surface area contributed by atoms with Gasteiger partial charge in [0.2, 0.25) is 5.91 Å². The molecule has 2 unspecified atom stereocenters. The molecule has 1 fully saturated rings. The highest BCUT2D eigenvalue weighted by atomic mass is 31.1. The first kappa shape index (κ1) is 37.7. The lowest BCUT2D eigenvalue weighted by Crippen LogP contribution is -2.62. The monoisotopic (exact) mass is 688 g/mol. The SMILES string of the molecule is CCC(CC(C/C=C/CCCC(=O)NC1CC(C)(C)N(O)C(C)(C)C1)c1ccccc1)c1ccc(P(c2ccccc2)c2ccccc2)cc1. The number of benzene rings is 4. The molecule has 5 heteroatoms. The molecular weight excluding hydrogens is 631 g/mol. The van der Waals surface area contributed by atoms with E-state index >= 15 is 0 Å². The van der Waals surface area contributed by atoms with Crippen LogP contribution >= 0.6 is 7.92 Å². The minimum Gasteiger partial charge on any atom is -0.353 e. The fraction of sp³-hybridized carbons (Fsp3) is 0.400. The molecule has 0 bridgehead atoms. The molecule has 2 N–H and O–H groups in total. The standard InChI is InChI=1S/C45H57N2O2P/c1-6-35(37-28-30-42(31-29-37)50(40-23-15-10-16-24-40)41-25-17-11-18-26-41)32-38(36-20-13-9-14-21-36)22-12-7-8-19-27-43(48)46-39-33-44(2,3)47(49)45(4,5)34-39/h7,9-18,20-21,23-26,28-31,35,38-39,49H,6,8,19,22,27,32-34H2,1-5H3,(H,46,48)/b12-7+. The summed E-state index contributed by atoms with van der Waals surface area (Å²) in [6.45, 7) is 10.5. The molecule has 0 aliphatic carbocycles. The number of nitrogens with zero attached hydrogens (tertiary/aromatic N) is 1. The second-order valence-corrected chi connectivity index (χ2v) is 17.5. The molecule has 1 heterocycles. The van der Waals surface area contributed by atoms with Gasteiger partial charge in [0.1, 0.15) is 0 Å². The zero-order valence-electron chi connectivity index (χ0n) is 30.8. The molecule has 0 spiro atoms. The van der Waals surface area contributed by atoms with E-state index < -0.39 is 7.92 Å². The van der Waals surface area contributed by atoms with Gasteiger partial charge in [-0.2, -0.15) is 5.06 Å². The maximum atomic E-state index is 12.8. The van der Waals surface area contributed by atoms with Crippen molar-refractivity contribution < 1.29 is 10.0 Å². The van der Waals surface area contributed by atoms with Gasteiger partial charge in [0, 0.05) is 23.5 Å². The number of hydroxylamine groups is 2. The first-order valence-corrected chi connectivity index (χ1v) is 19.9. The predicted molar refractivity (Wildman–Crippen MR) is 213 cm³/mol. The molecule has 1 aliphatic heterocycles. The van der Waals surface area contributed by atoms with Crippen LogP contribution in [-0.4, -0.2) is 33.3 Å². The minimum atomic E-state index is -0.612. The van der Waals surface area contributed by atoms with Crippen molar-refractivity contribution in [2.45, 2.75) is 115 Å². The maximum Gasteiger partial charge on any atom is 0.220 e. The van der Waals surface area contributed by atoms with E-state index in [1.54, 1.807) is 0 Å². The molecule has 1 saturated heterocycles. The van der Waals surface area contributed by atoms with Gasteiger partial charge in [-0.15, -0.1) is 0 Å². The molecule has 0 saturated carbocycles. The Balaban J connectivity index is 1.18. The maximum absolute atomic E-state index is 12.8. The largest absolute Gasteiger partial charge is 0.353 e. The molecule has 1 aliphatic rings. The molecule has 1 amide bonds. The summed E-state index contributed by atoms with van der Waals surface area (Å²) in [6, 6.07) is 42.4. The van der Waals surface area contributed by atoms with Crippen LogP contribution in [0.1, 0.15) is 109 Å². The van der Waals surface area contributed by atoms with Gasteiger partial charge in [0.05, 0.1) is 0 Å². The van der Waals surface area contributed by atoms with Gasteiger partial charge in [-0.3, -0.25) is 4.79 Å². The fourth-order valence-corrected chi connectivity index (χ4v) is 10.2. The number of piperidine rings is 1. The summed E-state index contributed by atoms with van der Waals surface area (Å²) in [5.41, 5.74) is 2.07. The zero-order chi connectivity index (χ0) is 35.6. The summed E-state index contributed by atoms with van der Waals surface area (Å²) in [4.78, 5) is 12.8. The summed E-state index contributed by atoms with van der Waals surface area (Å²) >= 11 is 0. The van der Waals surface area contributed by atoms with Crippen molar-refractivity contribution in [3.8, 4) is 0 Å². The number of hydrogen-bond acceptors (Lipinski definition) is 3. The third-order valence-corrected chi connectivity index (χ3v) is 12.8. The number of hydrogen-bond donors (Lipinski definition) is 2. The Labute approximate surface area is 302 Å². The van der Waals surface area contributed by atoms with E-state index in [1.807, 2.05) is 27.7 Å². The Kier molecular flexibility index (Phi) is 13.3. The van der Waals surface area contributed by atoms with Gasteiger partial charge < -0.3 is 10.5 Å². The molecule has 0 radical (unpaired) electrons. The Morgan fingerprint density at radius 1 is 0.760 bits per heavy atom. The number of carbonyl (C=O) groups excluding carboxylic acids is 1. The highest BCUT2D eigenvalue weighted by Gasteiger charge is 2.45. The van der Waals surface area contributed by atoms with E-state index in [4.69, 9.17) is 0 Å². The lowest BCUT2D eigenvalue weighted by Gasteiger charge is -2.51. The van der Waals surface area contributed by atoms with E-state index in [2.05, 4.69) is 140 Å². The van der Waals surface area contributed by atoms with E-state index in [0.29, 0.717) is 18.3 Å². The average Bonchev–Trinajstić information content (AvgIpc) is 3.11. The van der Waals surface area contributed by atoms with Crippen LogP contribution < -0.4 is 21.2 Å². The molecule has 5 rings (SSSR count). The van der Waals surface area contributed by atoms with Gasteiger partial charge in [0.25, 0.3) is 0 Å². The molecule has 4 aromatic carbocycles. The lowest BCUT2D eigenvalue weighted by atomic mass is 9.79. The topological polar surface area (TPSA) is 52.6 Å². The summed E-state index contributed by atoms with van der Waals surface area (Å²) in [6.07, 6.45) is 11.5. The van der Waals surface area contributed by atoms with Gasteiger partial charge in [0.15, 0.2) is 0 Å². The molecule has 50 heavy (non-hydrogen) atoms. The van der Waals surface area contributed by atoms with Gasteiger partial charge >= 0.3 is 0 Å². The third-order valence-electron chi connectivity index (χ3n) is 10.3. The number of amides is 1. The number of unbranched alkanes of at least 4 members (excludes halogenated alkanes) is 1. The van der Waals surface area contributed by atoms with E-state index in [9.17, 15) is 10.0 Å². The van der Waals surface area contributed by atoms with Crippen LogP contribution in [0.25, 0.3) is 0 Å².